The van der Waals surface area contributed by atoms with E-state index in [1.54, 1.807) is 0 Å². The second-order valence-electron chi connectivity index (χ2n) is 5.28. The minimum absolute atomic E-state index is 0.112. The predicted molar refractivity (Wildman–Crippen MR) is 82.7 cm³/mol. The van der Waals surface area contributed by atoms with Crippen LogP contribution in [0.4, 0.5) is 0 Å². The maximum absolute atomic E-state index is 6.09. The molecule has 0 heterocycles. The van der Waals surface area contributed by atoms with E-state index >= 15 is 0 Å². The molecule has 1 aromatic carbocycles. The highest BCUT2D eigenvalue weighted by atomic mass is 35.5. The molecular weight excluding hydrogens is 274 g/mol. The third-order valence-corrected chi connectivity index (χ3v) is 3.93. The number of ether oxygens (including phenoxy) is 2. The number of hydrogen-bond donors (Lipinski definition) is 1. The van der Waals surface area contributed by atoms with Crippen LogP contribution >= 0.6 is 11.6 Å². The Hall–Kier alpha value is -0.770. The fourth-order valence-electron chi connectivity index (χ4n) is 2.51. The molecule has 0 bridgehead atoms. The van der Waals surface area contributed by atoms with Crippen molar-refractivity contribution < 1.29 is 9.47 Å². The summed E-state index contributed by atoms with van der Waals surface area (Å²) < 4.78 is 11.9. The van der Waals surface area contributed by atoms with E-state index in [0.29, 0.717) is 17.7 Å². The topological polar surface area (TPSA) is 30.5 Å². The highest BCUT2D eigenvalue weighted by molar-refractivity contribution is 6.30. The molecule has 1 saturated carbocycles. The number of aryl methyl sites for hydroxylation is 1. The van der Waals surface area contributed by atoms with Crippen LogP contribution in [0.25, 0.3) is 0 Å². The summed E-state index contributed by atoms with van der Waals surface area (Å²) in [5.41, 5.74) is 1.11. The molecule has 1 N–H and O–H groups in total. The molecule has 3 atom stereocenters. The van der Waals surface area contributed by atoms with Crippen molar-refractivity contribution in [2.24, 2.45) is 0 Å². The van der Waals surface area contributed by atoms with Crippen molar-refractivity contribution in [3.63, 3.8) is 0 Å². The van der Waals surface area contributed by atoms with Gasteiger partial charge in [-0.25, -0.2) is 0 Å². The van der Waals surface area contributed by atoms with Crippen molar-refractivity contribution in [1.82, 2.24) is 5.32 Å². The second kappa shape index (κ2) is 7.30. The quantitative estimate of drug-likeness (QED) is 0.834. The summed E-state index contributed by atoms with van der Waals surface area (Å²) >= 11 is 6.03. The monoisotopic (exact) mass is 297 g/mol. The lowest BCUT2D eigenvalue weighted by molar-refractivity contribution is -0.104. The molecule has 4 heteroatoms. The van der Waals surface area contributed by atoms with Gasteiger partial charge in [-0.2, -0.15) is 0 Å². The molecule has 20 heavy (non-hydrogen) atoms. The van der Waals surface area contributed by atoms with Crippen molar-refractivity contribution >= 4 is 11.6 Å². The van der Waals surface area contributed by atoms with Crippen LogP contribution in [0, 0.1) is 6.92 Å². The third kappa shape index (κ3) is 3.66. The molecule has 1 aliphatic carbocycles. The highest BCUT2D eigenvalue weighted by Gasteiger charge is 2.43. The van der Waals surface area contributed by atoms with Crippen LogP contribution in [0.15, 0.2) is 18.2 Å². The van der Waals surface area contributed by atoms with Gasteiger partial charge in [-0.15, -0.1) is 0 Å². The number of hydrogen-bond acceptors (Lipinski definition) is 3. The molecule has 0 radical (unpaired) electrons. The van der Waals surface area contributed by atoms with E-state index in [1.807, 2.05) is 32.0 Å². The zero-order valence-electron chi connectivity index (χ0n) is 12.5. The average Bonchev–Trinajstić information content (AvgIpc) is 2.43. The van der Waals surface area contributed by atoms with Gasteiger partial charge in [0.1, 0.15) is 18.0 Å². The first-order chi connectivity index (χ1) is 9.65. The van der Waals surface area contributed by atoms with Gasteiger partial charge < -0.3 is 14.8 Å². The minimum atomic E-state index is 0.112. The molecule has 3 nitrogen and oxygen atoms in total. The molecule has 0 saturated heterocycles. The van der Waals surface area contributed by atoms with Gasteiger partial charge in [-0.05, 0) is 44.5 Å². The maximum Gasteiger partial charge on any atom is 0.128 e. The number of rotatable bonds is 7. The first-order valence-corrected chi connectivity index (χ1v) is 7.81. The zero-order valence-corrected chi connectivity index (χ0v) is 13.2. The lowest BCUT2D eigenvalue weighted by Crippen LogP contribution is -2.61. The van der Waals surface area contributed by atoms with Crippen LogP contribution < -0.4 is 10.1 Å². The molecule has 1 aromatic rings. The van der Waals surface area contributed by atoms with Gasteiger partial charge in [0.2, 0.25) is 0 Å². The Balaban J connectivity index is 1.97. The normalized spacial score (nSPS) is 25.3. The summed E-state index contributed by atoms with van der Waals surface area (Å²) in [4.78, 5) is 0. The predicted octanol–water partition coefficient (Wildman–Crippen LogP) is 3.57. The number of benzene rings is 1. The highest BCUT2D eigenvalue weighted by Crippen LogP contribution is 2.32. The van der Waals surface area contributed by atoms with Gasteiger partial charge in [-0.3, -0.25) is 0 Å². The molecule has 112 valence electrons. The van der Waals surface area contributed by atoms with Crippen LogP contribution in [0.5, 0.6) is 5.75 Å². The molecule has 2 rings (SSSR count). The summed E-state index contributed by atoms with van der Waals surface area (Å²) in [5, 5.41) is 4.22. The van der Waals surface area contributed by atoms with Crippen LogP contribution in [-0.2, 0) is 4.74 Å². The van der Waals surface area contributed by atoms with Crippen LogP contribution in [0.2, 0.25) is 5.02 Å². The van der Waals surface area contributed by atoms with Gasteiger partial charge in [0, 0.05) is 24.1 Å². The van der Waals surface area contributed by atoms with E-state index in [0.717, 1.165) is 30.7 Å². The number of halogens is 1. The molecule has 1 aliphatic rings. The summed E-state index contributed by atoms with van der Waals surface area (Å²) in [6.45, 7) is 7.97. The lowest BCUT2D eigenvalue weighted by Gasteiger charge is -2.44. The zero-order chi connectivity index (χ0) is 14.5. The van der Waals surface area contributed by atoms with Crippen molar-refractivity contribution in [3.8, 4) is 5.75 Å². The van der Waals surface area contributed by atoms with E-state index in [4.69, 9.17) is 21.1 Å². The van der Waals surface area contributed by atoms with E-state index < -0.39 is 0 Å². The second-order valence-corrected chi connectivity index (χ2v) is 5.72. The molecular formula is C16H24ClNO2. The van der Waals surface area contributed by atoms with Gasteiger partial charge in [0.25, 0.3) is 0 Å². The van der Waals surface area contributed by atoms with Crippen molar-refractivity contribution in [2.75, 3.05) is 13.2 Å². The molecule has 0 aromatic heterocycles. The summed E-state index contributed by atoms with van der Waals surface area (Å²) in [6, 6.07) is 6.15. The van der Waals surface area contributed by atoms with Gasteiger partial charge >= 0.3 is 0 Å². The Morgan fingerprint density at radius 2 is 2.15 bits per heavy atom. The summed E-state index contributed by atoms with van der Waals surface area (Å²) in [5.74, 6) is 0.862. The van der Waals surface area contributed by atoms with Crippen molar-refractivity contribution in [1.29, 1.82) is 0 Å². The lowest BCUT2D eigenvalue weighted by atomic mass is 9.85. The molecule has 0 amide bonds. The van der Waals surface area contributed by atoms with E-state index in [1.165, 1.54) is 0 Å². The first-order valence-electron chi connectivity index (χ1n) is 7.43. The Morgan fingerprint density at radius 3 is 2.85 bits per heavy atom. The molecule has 0 aliphatic heterocycles. The largest absolute Gasteiger partial charge is 0.487 e. The minimum Gasteiger partial charge on any atom is -0.487 e. The summed E-state index contributed by atoms with van der Waals surface area (Å²) in [6.07, 6.45) is 2.36. The fourth-order valence-corrected chi connectivity index (χ4v) is 2.67. The average molecular weight is 298 g/mol. The smallest absolute Gasteiger partial charge is 0.128 e. The van der Waals surface area contributed by atoms with Gasteiger partial charge in [0.15, 0.2) is 0 Å². The van der Waals surface area contributed by atoms with Crippen molar-refractivity contribution in [3.05, 3.63) is 28.8 Å². The van der Waals surface area contributed by atoms with Gasteiger partial charge in [-0.1, -0.05) is 24.6 Å². The molecule has 1 fully saturated rings. The maximum atomic E-state index is 6.09. The first kappa shape index (κ1) is 15.6. The Kier molecular flexibility index (Phi) is 5.70. The van der Waals surface area contributed by atoms with Crippen LogP contribution in [0.3, 0.4) is 0 Å². The van der Waals surface area contributed by atoms with Crippen molar-refractivity contribution in [2.45, 2.75) is 51.9 Å². The van der Waals surface area contributed by atoms with E-state index in [9.17, 15) is 0 Å². The third-order valence-electron chi connectivity index (χ3n) is 3.69. The van der Waals surface area contributed by atoms with Crippen LogP contribution in [-0.4, -0.2) is 31.4 Å². The van der Waals surface area contributed by atoms with Crippen LogP contribution in [0.1, 0.15) is 32.3 Å². The fraction of sp³-hybridized carbons (Fsp3) is 0.625. The van der Waals surface area contributed by atoms with E-state index in [2.05, 4.69) is 12.2 Å². The number of nitrogens with one attached hydrogen (secondary N) is 1. The SMILES string of the molecule is CCCNC1CC(Oc2cc(Cl)ccc2C)C1OCC. The van der Waals surface area contributed by atoms with E-state index in [-0.39, 0.29) is 12.2 Å². The van der Waals surface area contributed by atoms with Gasteiger partial charge in [0.05, 0.1) is 0 Å². The Bertz CT molecular complexity index is 438. The Morgan fingerprint density at radius 1 is 1.35 bits per heavy atom. The molecule has 3 unspecified atom stereocenters. The summed E-state index contributed by atoms with van der Waals surface area (Å²) in [7, 11) is 0. The Labute approximate surface area is 126 Å². The molecule has 0 spiro atoms. The standard InChI is InChI=1S/C16H24ClNO2/c1-4-8-18-13-10-15(16(13)19-5-2)20-14-9-12(17)7-6-11(14)3/h6-7,9,13,15-16,18H,4-5,8,10H2,1-3H3.